The van der Waals surface area contributed by atoms with Gasteiger partial charge in [0.1, 0.15) is 0 Å². The van der Waals surface area contributed by atoms with Crippen LogP contribution in [0, 0.1) is 5.82 Å². The van der Waals surface area contributed by atoms with Gasteiger partial charge in [-0.1, -0.05) is 0 Å². The van der Waals surface area contributed by atoms with E-state index in [0.717, 1.165) is 0 Å². The lowest BCUT2D eigenvalue weighted by Gasteiger charge is -2.27. The van der Waals surface area contributed by atoms with Crippen molar-refractivity contribution in [2.45, 2.75) is 0 Å². The highest BCUT2D eigenvalue weighted by molar-refractivity contribution is 5.81. The van der Waals surface area contributed by atoms with Crippen LogP contribution in [0.15, 0.2) is 18.2 Å². The smallest absolute Gasteiger partial charge is 0.242 e. The van der Waals surface area contributed by atoms with E-state index in [2.05, 4.69) is 5.32 Å². The second-order valence-electron chi connectivity index (χ2n) is 4.20. The highest BCUT2D eigenvalue weighted by Gasteiger charge is 2.16. The number of anilines is 1. The molecule has 0 radical (unpaired) electrons. The van der Waals surface area contributed by atoms with Gasteiger partial charge in [-0.15, -0.1) is 0 Å². The summed E-state index contributed by atoms with van der Waals surface area (Å²) in [5.41, 5.74) is 0.555. The van der Waals surface area contributed by atoms with Crippen molar-refractivity contribution in [3.8, 4) is 5.75 Å². The Morgan fingerprint density at radius 1 is 1.47 bits per heavy atom. The maximum absolute atomic E-state index is 13.5. The Labute approximate surface area is 111 Å². The van der Waals surface area contributed by atoms with Gasteiger partial charge in [-0.05, 0) is 12.1 Å². The van der Waals surface area contributed by atoms with Crippen molar-refractivity contribution in [2.75, 3.05) is 45.3 Å². The van der Waals surface area contributed by atoms with E-state index in [-0.39, 0.29) is 18.2 Å². The molecule has 5 nitrogen and oxygen atoms in total. The van der Waals surface area contributed by atoms with E-state index in [1.54, 1.807) is 11.0 Å². The lowest BCUT2D eigenvalue weighted by Crippen LogP contribution is -2.43. The number of carbonyl (C=O) groups excluding carboxylic acids is 1. The minimum Gasteiger partial charge on any atom is -0.494 e. The summed E-state index contributed by atoms with van der Waals surface area (Å²) >= 11 is 0. The first-order valence-corrected chi connectivity index (χ1v) is 6.13. The Morgan fingerprint density at radius 3 is 2.84 bits per heavy atom. The molecule has 1 aromatic carbocycles. The minimum atomic E-state index is -0.452. The maximum Gasteiger partial charge on any atom is 0.242 e. The number of carbonyl (C=O) groups is 1. The Kier molecular flexibility index (Phi) is 4.57. The fraction of sp³-hybridized carbons (Fsp3) is 0.462. The zero-order valence-corrected chi connectivity index (χ0v) is 10.8. The lowest BCUT2D eigenvalue weighted by molar-refractivity contribution is -0.133. The van der Waals surface area contributed by atoms with Crippen LogP contribution in [0.5, 0.6) is 5.75 Å². The summed E-state index contributed by atoms with van der Waals surface area (Å²) in [7, 11) is 1.41. The van der Waals surface area contributed by atoms with Crippen molar-refractivity contribution in [2.24, 2.45) is 0 Å². The summed E-state index contributed by atoms with van der Waals surface area (Å²) in [6, 6.07) is 4.51. The van der Waals surface area contributed by atoms with Gasteiger partial charge >= 0.3 is 0 Å². The van der Waals surface area contributed by atoms with Crippen molar-refractivity contribution in [1.29, 1.82) is 0 Å². The highest BCUT2D eigenvalue weighted by atomic mass is 19.1. The molecule has 1 aliphatic rings. The Hall–Kier alpha value is -1.82. The van der Waals surface area contributed by atoms with E-state index in [4.69, 9.17) is 9.47 Å². The van der Waals surface area contributed by atoms with Crippen molar-refractivity contribution < 1.29 is 18.7 Å². The number of amides is 1. The SMILES string of the molecule is COc1ccc(NCC(=O)N2CCOCC2)cc1F. The number of hydrogen-bond donors (Lipinski definition) is 1. The third-order valence-electron chi connectivity index (χ3n) is 2.96. The number of methoxy groups -OCH3 is 1. The quantitative estimate of drug-likeness (QED) is 0.888. The van der Waals surface area contributed by atoms with Crippen LogP contribution in [0.1, 0.15) is 0 Å². The molecule has 1 aliphatic heterocycles. The van der Waals surface area contributed by atoms with Crippen LogP contribution >= 0.6 is 0 Å². The number of nitrogens with zero attached hydrogens (tertiary/aromatic N) is 1. The van der Waals surface area contributed by atoms with Crippen molar-refractivity contribution in [3.63, 3.8) is 0 Å². The van der Waals surface area contributed by atoms with Crippen LogP contribution in [0.4, 0.5) is 10.1 Å². The van der Waals surface area contributed by atoms with Crippen molar-refractivity contribution >= 4 is 11.6 Å². The van der Waals surface area contributed by atoms with Gasteiger partial charge in [0.15, 0.2) is 11.6 Å². The topological polar surface area (TPSA) is 50.8 Å². The first-order chi connectivity index (χ1) is 9.20. The van der Waals surface area contributed by atoms with E-state index in [1.165, 1.54) is 19.2 Å². The monoisotopic (exact) mass is 268 g/mol. The minimum absolute atomic E-state index is 0.0143. The van der Waals surface area contributed by atoms with E-state index < -0.39 is 5.82 Å². The fourth-order valence-electron chi connectivity index (χ4n) is 1.88. The number of ether oxygens (including phenoxy) is 2. The molecule has 1 aromatic rings. The zero-order valence-electron chi connectivity index (χ0n) is 10.8. The number of halogens is 1. The standard InChI is InChI=1S/C13H17FN2O3/c1-18-12-3-2-10(8-11(12)14)15-9-13(17)16-4-6-19-7-5-16/h2-3,8,15H,4-7,9H2,1H3. The molecule has 0 saturated carbocycles. The molecule has 0 unspecified atom stereocenters. The van der Waals surface area contributed by atoms with E-state index >= 15 is 0 Å². The van der Waals surface area contributed by atoms with Gasteiger partial charge in [-0.2, -0.15) is 0 Å². The Balaban J connectivity index is 1.87. The molecule has 2 rings (SSSR count). The molecule has 1 amide bonds. The molecular weight excluding hydrogens is 251 g/mol. The van der Waals surface area contributed by atoms with Crippen molar-refractivity contribution in [1.82, 2.24) is 4.90 Å². The van der Waals surface area contributed by atoms with Gasteiger partial charge in [0.2, 0.25) is 5.91 Å². The van der Waals surface area contributed by atoms with Crippen LogP contribution in [0.25, 0.3) is 0 Å². The first-order valence-electron chi connectivity index (χ1n) is 6.13. The second kappa shape index (κ2) is 6.38. The fourth-order valence-corrected chi connectivity index (χ4v) is 1.88. The number of benzene rings is 1. The normalized spacial score (nSPS) is 15.2. The van der Waals surface area contributed by atoms with Crippen LogP contribution in [0.3, 0.4) is 0 Å². The zero-order chi connectivity index (χ0) is 13.7. The summed E-state index contributed by atoms with van der Waals surface area (Å²) in [6.45, 7) is 2.51. The van der Waals surface area contributed by atoms with Crippen LogP contribution < -0.4 is 10.1 Å². The number of rotatable bonds is 4. The molecule has 0 bridgehead atoms. The highest BCUT2D eigenvalue weighted by Crippen LogP contribution is 2.20. The first kappa shape index (κ1) is 13.6. The molecule has 0 spiro atoms. The summed E-state index contributed by atoms with van der Waals surface area (Å²) in [4.78, 5) is 13.6. The number of morpholine rings is 1. The molecule has 1 saturated heterocycles. The predicted molar refractivity (Wildman–Crippen MR) is 68.8 cm³/mol. The summed E-state index contributed by atoms with van der Waals surface area (Å²) in [6.07, 6.45) is 0. The van der Waals surface area contributed by atoms with E-state index in [1.807, 2.05) is 0 Å². The molecule has 0 atom stereocenters. The van der Waals surface area contributed by atoms with Crippen LogP contribution in [0.2, 0.25) is 0 Å². The molecule has 104 valence electrons. The molecule has 6 heteroatoms. The summed E-state index contributed by atoms with van der Waals surface area (Å²) < 4.78 is 23.5. The van der Waals surface area contributed by atoms with E-state index in [0.29, 0.717) is 32.0 Å². The third kappa shape index (κ3) is 3.57. The second-order valence-corrected chi connectivity index (χ2v) is 4.20. The molecule has 1 N–H and O–H groups in total. The number of nitrogens with one attached hydrogen (secondary N) is 1. The number of hydrogen-bond acceptors (Lipinski definition) is 4. The van der Waals surface area contributed by atoms with Gasteiger partial charge < -0.3 is 19.7 Å². The molecule has 1 heterocycles. The van der Waals surface area contributed by atoms with Gasteiger partial charge in [-0.25, -0.2) is 4.39 Å². The average Bonchev–Trinajstić information content (AvgIpc) is 2.46. The largest absolute Gasteiger partial charge is 0.494 e. The van der Waals surface area contributed by atoms with Crippen LogP contribution in [-0.2, 0) is 9.53 Å². The van der Waals surface area contributed by atoms with Crippen molar-refractivity contribution in [3.05, 3.63) is 24.0 Å². The summed E-state index contributed by atoms with van der Waals surface area (Å²) in [5.74, 6) is -0.282. The van der Waals surface area contributed by atoms with Gasteiger partial charge in [0.25, 0.3) is 0 Å². The molecular formula is C13H17FN2O3. The lowest BCUT2D eigenvalue weighted by atomic mass is 10.3. The summed E-state index contributed by atoms with van der Waals surface area (Å²) in [5, 5.41) is 2.91. The Morgan fingerprint density at radius 2 is 2.21 bits per heavy atom. The molecule has 1 fully saturated rings. The molecule has 19 heavy (non-hydrogen) atoms. The van der Waals surface area contributed by atoms with Gasteiger partial charge in [0.05, 0.1) is 26.9 Å². The van der Waals surface area contributed by atoms with Gasteiger partial charge in [-0.3, -0.25) is 4.79 Å². The van der Waals surface area contributed by atoms with Crippen LogP contribution in [-0.4, -0.2) is 50.8 Å². The predicted octanol–water partition coefficient (Wildman–Crippen LogP) is 1.10. The molecule has 0 aliphatic carbocycles. The Bertz CT molecular complexity index is 448. The maximum atomic E-state index is 13.5. The van der Waals surface area contributed by atoms with Gasteiger partial charge in [0, 0.05) is 24.8 Å². The third-order valence-corrected chi connectivity index (χ3v) is 2.96. The molecule has 0 aromatic heterocycles. The van der Waals surface area contributed by atoms with E-state index in [9.17, 15) is 9.18 Å². The average molecular weight is 268 g/mol.